The van der Waals surface area contributed by atoms with Crippen LogP contribution in [0.25, 0.3) is 0 Å². The van der Waals surface area contributed by atoms with E-state index in [2.05, 4.69) is 15.9 Å². The topological polar surface area (TPSA) is 62.3 Å². The number of carbonyl (C=O) groups excluding carboxylic acids is 2. The summed E-state index contributed by atoms with van der Waals surface area (Å²) in [6, 6.07) is 12.9. The molecule has 0 unspecified atom stereocenters. The van der Waals surface area contributed by atoms with Crippen molar-refractivity contribution in [1.82, 2.24) is 14.7 Å². The van der Waals surface area contributed by atoms with Crippen molar-refractivity contribution in [1.29, 1.82) is 0 Å². The second-order valence-electron chi connectivity index (χ2n) is 8.16. The van der Waals surface area contributed by atoms with Gasteiger partial charge in [0.15, 0.2) is 11.5 Å². The quantitative estimate of drug-likeness (QED) is 0.664. The van der Waals surface area contributed by atoms with Crippen molar-refractivity contribution >= 4 is 23.4 Å². The Kier molecular flexibility index (Phi) is 5.56. The van der Waals surface area contributed by atoms with E-state index in [1.807, 2.05) is 24.3 Å². The Morgan fingerprint density at radius 2 is 1.58 bits per heavy atom. The number of fused-ring (bicyclic) bond motifs is 1. The van der Waals surface area contributed by atoms with Gasteiger partial charge in [-0.05, 0) is 35.4 Å². The highest BCUT2D eigenvalue weighted by Gasteiger charge is 2.42. The van der Waals surface area contributed by atoms with E-state index in [0.717, 1.165) is 49.8 Å². The number of imide groups is 1. The molecule has 2 fully saturated rings. The zero-order valence-electron chi connectivity index (χ0n) is 17.1. The molecule has 31 heavy (non-hydrogen) atoms. The van der Waals surface area contributed by atoms with Crippen LogP contribution in [0.5, 0.6) is 11.5 Å². The predicted molar refractivity (Wildman–Crippen MR) is 115 cm³/mol. The fraction of sp³-hybridized carbons (Fsp3) is 0.391. The average molecular weight is 442 g/mol. The molecule has 2 aromatic rings. The fourth-order valence-electron chi connectivity index (χ4n) is 4.42. The second-order valence-corrected chi connectivity index (χ2v) is 8.60. The lowest BCUT2D eigenvalue weighted by molar-refractivity contribution is -0.140. The van der Waals surface area contributed by atoms with Gasteiger partial charge in [-0.2, -0.15) is 0 Å². The molecule has 3 aliphatic rings. The summed E-state index contributed by atoms with van der Waals surface area (Å²) in [5, 5.41) is 0.638. The summed E-state index contributed by atoms with van der Waals surface area (Å²) in [4.78, 5) is 31.4. The lowest BCUT2D eigenvalue weighted by Crippen LogP contribution is -2.52. The minimum Gasteiger partial charge on any atom is -0.454 e. The van der Waals surface area contributed by atoms with Crippen LogP contribution in [0.15, 0.2) is 42.5 Å². The fourth-order valence-corrected chi connectivity index (χ4v) is 4.55. The first-order valence-electron chi connectivity index (χ1n) is 10.5. The van der Waals surface area contributed by atoms with E-state index in [1.54, 1.807) is 12.1 Å². The third-order valence-electron chi connectivity index (χ3n) is 6.16. The molecule has 0 aromatic heterocycles. The first-order chi connectivity index (χ1) is 15.1. The molecule has 3 heterocycles. The third-order valence-corrected chi connectivity index (χ3v) is 6.42. The van der Waals surface area contributed by atoms with Crippen molar-refractivity contribution in [3.63, 3.8) is 0 Å². The van der Waals surface area contributed by atoms with Gasteiger partial charge in [0.2, 0.25) is 18.6 Å². The van der Waals surface area contributed by atoms with Crippen LogP contribution in [-0.2, 0) is 22.7 Å². The van der Waals surface area contributed by atoms with E-state index in [0.29, 0.717) is 11.6 Å². The molecule has 0 radical (unpaired) electrons. The van der Waals surface area contributed by atoms with E-state index in [4.69, 9.17) is 21.1 Å². The van der Waals surface area contributed by atoms with E-state index in [1.165, 1.54) is 10.5 Å². The van der Waals surface area contributed by atoms with Gasteiger partial charge in [-0.25, -0.2) is 0 Å². The highest BCUT2D eigenvalue weighted by atomic mass is 35.5. The number of halogens is 1. The molecule has 0 spiro atoms. The van der Waals surface area contributed by atoms with Crippen molar-refractivity contribution < 1.29 is 19.1 Å². The van der Waals surface area contributed by atoms with Gasteiger partial charge in [0.25, 0.3) is 0 Å². The number of rotatable bonds is 5. The molecule has 0 aliphatic carbocycles. The minimum absolute atomic E-state index is 0.0934. The molecular weight excluding hydrogens is 418 g/mol. The van der Waals surface area contributed by atoms with E-state index < -0.39 is 0 Å². The van der Waals surface area contributed by atoms with Crippen LogP contribution in [0.3, 0.4) is 0 Å². The Morgan fingerprint density at radius 1 is 0.871 bits per heavy atom. The van der Waals surface area contributed by atoms with Crippen LogP contribution in [0, 0.1) is 0 Å². The molecule has 162 valence electrons. The van der Waals surface area contributed by atoms with E-state index >= 15 is 0 Å². The summed E-state index contributed by atoms with van der Waals surface area (Å²) < 4.78 is 10.8. The number of carbonyl (C=O) groups is 2. The Hall–Kier alpha value is -2.61. The molecule has 2 amide bonds. The highest BCUT2D eigenvalue weighted by Crippen LogP contribution is 2.33. The molecule has 7 nitrogen and oxygen atoms in total. The van der Waals surface area contributed by atoms with Crippen LogP contribution < -0.4 is 9.47 Å². The number of hydrogen-bond donors (Lipinski definition) is 0. The maximum absolute atomic E-state index is 13.0. The van der Waals surface area contributed by atoms with Crippen LogP contribution >= 0.6 is 11.6 Å². The minimum atomic E-state index is -0.354. The van der Waals surface area contributed by atoms with Gasteiger partial charge in [-0.1, -0.05) is 29.8 Å². The van der Waals surface area contributed by atoms with Crippen molar-refractivity contribution in [2.24, 2.45) is 0 Å². The Balaban J connectivity index is 1.16. The first kappa shape index (κ1) is 20.3. The van der Waals surface area contributed by atoms with Gasteiger partial charge >= 0.3 is 0 Å². The van der Waals surface area contributed by atoms with Crippen molar-refractivity contribution in [3.05, 3.63) is 58.6 Å². The number of likely N-dealkylation sites (tertiary alicyclic amines) is 1. The number of benzene rings is 2. The highest BCUT2D eigenvalue weighted by molar-refractivity contribution is 6.30. The second kappa shape index (κ2) is 8.49. The molecular formula is C23H24ClN3O4. The van der Waals surface area contributed by atoms with Gasteiger partial charge in [0.1, 0.15) is 0 Å². The number of piperazine rings is 1. The van der Waals surface area contributed by atoms with Crippen molar-refractivity contribution in [3.8, 4) is 11.5 Å². The molecule has 1 atom stereocenters. The molecule has 3 aliphatic heterocycles. The lowest BCUT2D eigenvalue weighted by Gasteiger charge is -2.37. The Bertz CT molecular complexity index is 989. The third kappa shape index (κ3) is 4.26. The van der Waals surface area contributed by atoms with E-state index in [-0.39, 0.29) is 31.1 Å². The van der Waals surface area contributed by atoms with Crippen molar-refractivity contribution in [2.45, 2.75) is 25.6 Å². The van der Waals surface area contributed by atoms with Crippen LogP contribution in [0.1, 0.15) is 17.5 Å². The summed E-state index contributed by atoms with van der Waals surface area (Å²) in [5.41, 5.74) is 2.08. The standard InChI is InChI=1S/C23H24ClN3O4/c24-18-4-1-16(2-5-18)14-27-22(28)12-19(23(27)29)26-9-7-25(8-10-26)13-17-3-6-20-21(11-17)31-15-30-20/h1-6,11,19H,7-10,12-15H2/t19-/m0/s1. The molecule has 8 heteroatoms. The Morgan fingerprint density at radius 3 is 2.35 bits per heavy atom. The smallest absolute Gasteiger partial charge is 0.247 e. The van der Waals surface area contributed by atoms with Crippen LogP contribution in [-0.4, -0.2) is 65.5 Å². The normalized spacial score (nSPS) is 21.8. The van der Waals surface area contributed by atoms with Crippen LogP contribution in [0.2, 0.25) is 5.02 Å². The average Bonchev–Trinajstić information content (AvgIpc) is 3.35. The zero-order valence-corrected chi connectivity index (χ0v) is 17.9. The monoisotopic (exact) mass is 441 g/mol. The van der Waals surface area contributed by atoms with Gasteiger partial charge in [0, 0.05) is 37.7 Å². The molecule has 0 N–H and O–H groups in total. The molecule has 2 aromatic carbocycles. The summed E-state index contributed by atoms with van der Waals surface area (Å²) in [5.74, 6) is 1.39. The number of amides is 2. The molecule has 0 saturated carbocycles. The SMILES string of the molecule is O=C1C[C@H](N2CCN(Cc3ccc4c(c3)OCO4)CC2)C(=O)N1Cc1ccc(Cl)cc1. The molecule has 5 rings (SSSR count). The maximum Gasteiger partial charge on any atom is 0.247 e. The molecule has 2 saturated heterocycles. The summed E-state index contributed by atoms with van der Waals surface area (Å²) in [6.45, 7) is 4.64. The molecule has 0 bridgehead atoms. The predicted octanol–water partition coefficient (Wildman–Crippen LogP) is 2.51. The number of ether oxygens (including phenoxy) is 2. The first-order valence-corrected chi connectivity index (χ1v) is 10.9. The van der Waals surface area contributed by atoms with Gasteiger partial charge in [0.05, 0.1) is 19.0 Å². The van der Waals surface area contributed by atoms with Gasteiger partial charge in [-0.3, -0.25) is 24.3 Å². The largest absolute Gasteiger partial charge is 0.454 e. The zero-order chi connectivity index (χ0) is 21.4. The van der Waals surface area contributed by atoms with Crippen LogP contribution in [0.4, 0.5) is 0 Å². The summed E-state index contributed by atoms with van der Waals surface area (Å²) in [7, 11) is 0. The summed E-state index contributed by atoms with van der Waals surface area (Å²) >= 11 is 5.93. The lowest BCUT2D eigenvalue weighted by atomic mass is 10.1. The Labute approximate surface area is 186 Å². The summed E-state index contributed by atoms with van der Waals surface area (Å²) in [6.07, 6.45) is 0.259. The van der Waals surface area contributed by atoms with Gasteiger partial charge in [-0.15, -0.1) is 0 Å². The number of nitrogens with zero attached hydrogens (tertiary/aromatic N) is 3. The van der Waals surface area contributed by atoms with Crippen molar-refractivity contribution in [2.75, 3.05) is 33.0 Å². The number of hydrogen-bond acceptors (Lipinski definition) is 6. The van der Waals surface area contributed by atoms with E-state index in [9.17, 15) is 9.59 Å². The maximum atomic E-state index is 13.0. The van der Waals surface area contributed by atoms with Gasteiger partial charge < -0.3 is 9.47 Å².